The van der Waals surface area contributed by atoms with Crippen LogP contribution in [-0.2, 0) is 4.74 Å². The number of alkyl halides is 2. The number of halogens is 3. The molecular formula is C13H15BrF2N2O2. The highest BCUT2D eigenvalue weighted by atomic mass is 79.9. The van der Waals surface area contributed by atoms with E-state index in [1.54, 1.807) is 25.1 Å². The molecule has 1 rings (SSSR count). The standard InChI is InChI=1S/C13H15BrF2N2O2/c1-2-20-11-4-3-9(14)7-10(11)12(18)13(15,16)8-19-6-5-17/h3-4,7,12H,2,6,8,18H2,1H3. The molecule has 0 saturated heterocycles. The lowest BCUT2D eigenvalue weighted by Crippen LogP contribution is -2.37. The number of nitrogens with two attached hydrogens (primary N) is 1. The van der Waals surface area contributed by atoms with E-state index >= 15 is 0 Å². The second-order valence-electron chi connectivity index (χ2n) is 4.00. The minimum absolute atomic E-state index is 0.187. The lowest BCUT2D eigenvalue weighted by Gasteiger charge is -2.25. The van der Waals surface area contributed by atoms with Crippen LogP contribution in [0.1, 0.15) is 18.5 Å². The lowest BCUT2D eigenvalue weighted by molar-refractivity contribution is -0.0896. The van der Waals surface area contributed by atoms with Crippen molar-refractivity contribution in [1.29, 1.82) is 5.26 Å². The van der Waals surface area contributed by atoms with Gasteiger partial charge in [-0.2, -0.15) is 5.26 Å². The Morgan fingerprint density at radius 1 is 1.50 bits per heavy atom. The van der Waals surface area contributed by atoms with E-state index in [4.69, 9.17) is 15.7 Å². The minimum atomic E-state index is -3.30. The Kier molecular flexibility index (Phi) is 6.33. The Bertz CT molecular complexity index is 492. The molecule has 0 spiro atoms. The SMILES string of the molecule is CCOc1ccc(Br)cc1C(N)C(F)(F)COCC#N. The van der Waals surface area contributed by atoms with Crippen LogP contribution < -0.4 is 10.5 Å². The third-order valence-corrected chi connectivity index (χ3v) is 3.02. The molecule has 7 heteroatoms. The Morgan fingerprint density at radius 3 is 2.80 bits per heavy atom. The van der Waals surface area contributed by atoms with Gasteiger partial charge < -0.3 is 15.2 Å². The minimum Gasteiger partial charge on any atom is -0.494 e. The molecule has 0 aliphatic heterocycles. The van der Waals surface area contributed by atoms with Gasteiger partial charge in [0.25, 0.3) is 5.92 Å². The molecule has 0 amide bonds. The Hall–Kier alpha value is -1.23. The van der Waals surface area contributed by atoms with E-state index in [9.17, 15) is 8.78 Å². The maximum absolute atomic E-state index is 13.9. The van der Waals surface area contributed by atoms with Gasteiger partial charge in [0.1, 0.15) is 25.0 Å². The number of hydrogen-bond acceptors (Lipinski definition) is 4. The zero-order valence-corrected chi connectivity index (χ0v) is 12.5. The summed E-state index contributed by atoms with van der Waals surface area (Å²) in [4.78, 5) is 0. The average Bonchev–Trinajstić information content (AvgIpc) is 2.40. The smallest absolute Gasteiger partial charge is 0.289 e. The quantitative estimate of drug-likeness (QED) is 0.769. The molecule has 1 unspecified atom stereocenters. The molecule has 0 radical (unpaired) electrons. The van der Waals surface area contributed by atoms with Crippen LogP contribution in [0.2, 0.25) is 0 Å². The fraction of sp³-hybridized carbons (Fsp3) is 0.462. The summed E-state index contributed by atoms with van der Waals surface area (Å²) in [5, 5.41) is 8.29. The second-order valence-corrected chi connectivity index (χ2v) is 4.92. The van der Waals surface area contributed by atoms with Crippen LogP contribution in [-0.4, -0.2) is 25.7 Å². The van der Waals surface area contributed by atoms with Crippen molar-refractivity contribution in [1.82, 2.24) is 0 Å². The molecular weight excluding hydrogens is 334 g/mol. The summed E-state index contributed by atoms with van der Waals surface area (Å²) < 4.78 is 38.4. The molecule has 0 heterocycles. The molecule has 0 aromatic heterocycles. The van der Waals surface area contributed by atoms with Crippen molar-refractivity contribution in [2.24, 2.45) is 5.73 Å². The summed E-state index contributed by atoms with van der Waals surface area (Å²) in [5.74, 6) is -2.99. The first-order valence-electron chi connectivity index (χ1n) is 5.92. The van der Waals surface area contributed by atoms with Crippen molar-refractivity contribution in [2.45, 2.75) is 18.9 Å². The molecule has 4 nitrogen and oxygen atoms in total. The number of hydrogen-bond donors (Lipinski definition) is 1. The molecule has 20 heavy (non-hydrogen) atoms. The maximum Gasteiger partial charge on any atom is 0.289 e. The van der Waals surface area contributed by atoms with E-state index in [1.165, 1.54) is 6.07 Å². The highest BCUT2D eigenvalue weighted by molar-refractivity contribution is 9.10. The van der Waals surface area contributed by atoms with Crippen molar-refractivity contribution < 1.29 is 18.3 Å². The number of ether oxygens (including phenoxy) is 2. The fourth-order valence-electron chi connectivity index (χ4n) is 1.60. The van der Waals surface area contributed by atoms with Gasteiger partial charge in [-0.05, 0) is 25.1 Å². The van der Waals surface area contributed by atoms with Crippen LogP contribution in [0.4, 0.5) is 8.78 Å². The highest BCUT2D eigenvalue weighted by Gasteiger charge is 2.40. The molecule has 0 aliphatic carbocycles. The number of benzene rings is 1. The molecule has 0 saturated carbocycles. The van der Waals surface area contributed by atoms with Gasteiger partial charge in [-0.15, -0.1) is 0 Å². The first-order chi connectivity index (χ1) is 9.42. The summed E-state index contributed by atoms with van der Waals surface area (Å²) in [5.41, 5.74) is 5.83. The zero-order chi connectivity index (χ0) is 15.2. The van der Waals surface area contributed by atoms with Crippen LogP contribution in [0.15, 0.2) is 22.7 Å². The molecule has 0 aliphatic rings. The van der Waals surface area contributed by atoms with Crippen molar-refractivity contribution >= 4 is 15.9 Å². The molecule has 1 aromatic carbocycles. The van der Waals surface area contributed by atoms with Gasteiger partial charge in [0.05, 0.1) is 12.7 Å². The largest absolute Gasteiger partial charge is 0.494 e. The Morgan fingerprint density at radius 2 is 2.20 bits per heavy atom. The Labute approximate surface area is 124 Å². The molecule has 0 bridgehead atoms. The Balaban J connectivity index is 2.97. The van der Waals surface area contributed by atoms with E-state index in [2.05, 4.69) is 20.7 Å². The molecule has 110 valence electrons. The topological polar surface area (TPSA) is 68.3 Å². The van der Waals surface area contributed by atoms with Crippen molar-refractivity contribution in [2.75, 3.05) is 19.8 Å². The van der Waals surface area contributed by atoms with E-state index in [-0.39, 0.29) is 5.56 Å². The first kappa shape index (κ1) is 16.8. The molecule has 1 atom stereocenters. The van der Waals surface area contributed by atoms with Crippen LogP contribution in [0.5, 0.6) is 5.75 Å². The monoisotopic (exact) mass is 348 g/mol. The number of nitriles is 1. The van der Waals surface area contributed by atoms with Crippen LogP contribution in [0.25, 0.3) is 0 Å². The third-order valence-electron chi connectivity index (χ3n) is 2.52. The van der Waals surface area contributed by atoms with Gasteiger partial charge in [-0.25, -0.2) is 8.78 Å². The van der Waals surface area contributed by atoms with Crippen molar-refractivity contribution in [3.05, 3.63) is 28.2 Å². The first-order valence-corrected chi connectivity index (χ1v) is 6.72. The van der Waals surface area contributed by atoms with Gasteiger partial charge in [-0.1, -0.05) is 15.9 Å². The van der Waals surface area contributed by atoms with Gasteiger partial charge in [0.15, 0.2) is 0 Å². The van der Waals surface area contributed by atoms with E-state index in [1.807, 2.05) is 0 Å². The summed E-state index contributed by atoms with van der Waals surface area (Å²) in [6.45, 7) is 0.780. The number of nitrogens with zero attached hydrogens (tertiary/aromatic N) is 1. The van der Waals surface area contributed by atoms with Crippen molar-refractivity contribution in [3.8, 4) is 11.8 Å². The molecule has 0 fully saturated rings. The van der Waals surface area contributed by atoms with E-state index in [0.717, 1.165) is 0 Å². The van der Waals surface area contributed by atoms with Gasteiger partial charge >= 0.3 is 0 Å². The molecule has 2 N–H and O–H groups in total. The van der Waals surface area contributed by atoms with Gasteiger partial charge in [-0.3, -0.25) is 0 Å². The highest BCUT2D eigenvalue weighted by Crippen LogP contribution is 2.36. The summed E-state index contributed by atoms with van der Waals surface area (Å²) in [7, 11) is 0. The van der Waals surface area contributed by atoms with Gasteiger partial charge in [0, 0.05) is 10.0 Å². The predicted molar refractivity (Wildman–Crippen MR) is 73.6 cm³/mol. The zero-order valence-electron chi connectivity index (χ0n) is 10.9. The second kappa shape index (κ2) is 7.53. The lowest BCUT2D eigenvalue weighted by atomic mass is 10.0. The van der Waals surface area contributed by atoms with Crippen LogP contribution in [0.3, 0.4) is 0 Å². The summed E-state index contributed by atoms with van der Waals surface area (Å²) >= 11 is 3.22. The summed E-state index contributed by atoms with van der Waals surface area (Å²) in [6, 6.07) is 4.81. The average molecular weight is 349 g/mol. The third kappa shape index (κ3) is 4.40. The fourth-order valence-corrected chi connectivity index (χ4v) is 1.98. The molecule has 1 aromatic rings. The maximum atomic E-state index is 13.9. The predicted octanol–water partition coefficient (Wildman–Crippen LogP) is 3.02. The number of rotatable bonds is 7. The van der Waals surface area contributed by atoms with E-state index in [0.29, 0.717) is 16.8 Å². The van der Waals surface area contributed by atoms with Crippen molar-refractivity contribution in [3.63, 3.8) is 0 Å². The van der Waals surface area contributed by atoms with Crippen LogP contribution >= 0.6 is 15.9 Å². The van der Waals surface area contributed by atoms with E-state index < -0.39 is 25.2 Å². The van der Waals surface area contributed by atoms with Gasteiger partial charge in [0.2, 0.25) is 0 Å². The summed E-state index contributed by atoms with van der Waals surface area (Å²) in [6.07, 6.45) is 0. The normalized spacial score (nSPS) is 12.8. The van der Waals surface area contributed by atoms with Crippen LogP contribution in [0, 0.1) is 11.3 Å².